The van der Waals surface area contributed by atoms with Crippen molar-refractivity contribution in [3.63, 3.8) is 0 Å². The van der Waals surface area contributed by atoms with Crippen LogP contribution in [0.15, 0.2) is 30.5 Å². The Balaban J connectivity index is 2.29. The van der Waals surface area contributed by atoms with Crippen molar-refractivity contribution >= 4 is 29.1 Å². The smallest absolute Gasteiger partial charge is 0.261 e. The highest BCUT2D eigenvalue weighted by molar-refractivity contribution is 6.34. The lowest BCUT2D eigenvalue weighted by Crippen LogP contribution is -2.17. The van der Waals surface area contributed by atoms with Crippen LogP contribution in [0.2, 0.25) is 5.02 Å². The molecule has 0 saturated heterocycles. The van der Waals surface area contributed by atoms with Crippen LogP contribution in [-0.2, 0) is 0 Å². The lowest BCUT2D eigenvalue weighted by Gasteiger charge is -2.12. The largest absolute Gasteiger partial charge is 0.477 e. The first-order valence-corrected chi connectivity index (χ1v) is 7.31. The first-order chi connectivity index (χ1) is 10.9. The minimum Gasteiger partial charge on any atom is -0.477 e. The molecule has 0 unspecified atom stereocenters. The Labute approximate surface area is 138 Å². The lowest BCUT2D eigenvalue weighted by atomic mass is 10.1. The number of nitrogens with zero attached hydrogens (tertiary/aromatic N) is 1. The monoisotopic (exact) mass is 333 g/mol. The molecule has 0 radical (unpaired) electrons. The predicted octanol–water partition coefficient (Wildman–Crippen LogP) is 2.79. The van der Waals surface area contributed by atoms with Crippen LogP contribution in [0.25, 0.3) is 0 Å². The van der Waals surface area contributed by atoms with Crippen molar-refractivity contribution in [3.05, 3.63) is 52.2 Å². The Bertz CT molecular complexity index is 762. The number of pyridine rings is 1. The maximum absolute atomic E-state index is 12.5. The van der Waals surface area contributed by atoms with Crippen molar-refractivity contribution in [1.29, 1.82) is 0 Å². The number of anilines is 1. The Morgan fingerprint density at radius 1 is 1.35 bits per heavy atom. The van der Waals surface area contributed by atoms with Crippen LogP contribution in [0.4, 0.5) is 5.69 Å². The number of nitrogens with one attached hydrogen (secondary N) is 1. The summed E-state index contributed by atoms with van der Waals surface area (Å²) in [6.07, 6.45) is 1.58. The third-order valence-corrected chi connectivity index (χ3v) is 3.44. The molecular weight excluding hydrogens is 318 g/mol. The number of hydrogen-bond donors (Lipinski definition) is 2. The van der Waals surface area contributed by atoms with Gasteiger partial charge in [-0.2, -0.15) is 0 Å². The molecule has 7 heteroatoms. The number of halogens is 1. The molecule has 0 spiro atoms. The molecule has 2 rings (SSSR count). The van der Waals surface area contributed by atoms with Gasteiger partial charge in [-0.15, -0.1) is 0 Å². The number of benzene rings is 1. The number of primary amides is 1. The molecule has 0 saturated carbocycles. The fourth-order valence-corrected chi connectivity index (χ4v) is 2.32. The van der Waals surface area contributed by atoms with Gasteiger partial charge in [0, 0.05) is 11.9 Å². The number of carbonyl (C=O) groups is 2. The normalized spacial score (nSPS) is 10.2. The number of nitrogens with two attached hydrogens (primary N) is 1. The fraction of sp³-hybridized carbons (Fsp3) is 0.188. The van der Waals surface area contributed by atoms with E-state index in [9.17, 15) is 9.59 Å². The molecule has 0 aliphatic heterocycles. The Morgan fingerprint density at radius 2 is 2.09 bits per heavy atom. The molecule has 2 amide bonds. The number of hydrogen-bond acceptors (Lipinski definition) is 4. The molecule has 2 aromatic rings. The molecular formula is C16H16ClN3O3. The summed E-state index contributed by atoms with van der Waals surface area (Å²) in [5.74, 6) is -0.735. The van der Waals surface area contributed by atoms with Gasteiger partial charge in [-0.25, -0.2) is 4.98 Å². The summed E-state index contributed by atoms with van der Waals surface area (Å²) in [5.41, 5.74) is 6.92. The summed E-state index contributed by atoms with van der Waals surface area (Å²) in [6.45, 7) is 4.01. The van der Waals surface area contributed by atoms with Crippen LogP contribution < -0.4 is 15.8 Å². The van der Waals surface area contributed by atoms with Gasteiger partial charge < -0.3 is 15.8 Å². The summed E-state index contributed by atoms with van der Waals surface area (Å²) in [7, 11) is 0. The van der Waals surface area contributed by atoms with E-state index in [-0.39, 0.29) is 22.4 Å². The van der Waals surface area contributed by atoms with Gasteiger partial charge in [-0.3, -0.25) is 9.59 Å². The maximum Gasteiger partial charge on any atom is 0.261 e. The van der Waals surface area contributed by atoms with Gasteiger partial charge in [0.05, 0.1) is 17.2 Å². The molecule has 120 valence electrons. The number of ether oxygens (including phenoxy) is 1. The van der Waals surface area contributed by atoms with Crippen LogP contribution >= 0.6 is 11.6 Å². The molecule has 3 N–H and O–H groups in total. The first-order valence-electron chi connectivity index (χ1n) is 6.93. The van der Waals surface area contributed by atoms with E-state index in [1.807, 2.05) is 6.92 Å². The molecule has 0 atom stereocenters. The average Bonchev–Trinajstić information content (AvgIpc) is 2.47. The van der Waals surface area contributed by atoms with Crippen molar-refractivity contribution in [2.75, 3.05) is 11.9 Å². The van der Waals surface area contributed by atoms with Crippen molar-refractivity contribution in [3.8, 4) is 5.88 Å². The van der Waals surface area contributed by atoms with Gasteiger partial charge in [0.25, 0.3) is 5.91 Å². The number of amides is 2. The topological polar surface area (TPSA) is 94.3 Å². The summed E-state index contributed by atoms with van der Waals surface area (Å²) in [5, 5.41) is 2.88. The molecule has 0 aliphatic rings. The predicted molar refractivity (Wildman–Crippen MR) is 88.1 cm³/mol. The fourth-order valence-electron chi connectivity index (χ4n) is 2.04. The molecule has 23 heavy (non-hydrogen) atoms. The van der Waals surface area contributed by atoms with E-state index < -0.39 is 5.91 Å². The number of aryl methyl sites for hydroxylation is 1. The van der Waals surface area contributed by atoms with Gasteiger partial charge >= 0.3 is 0 Å². The van der Waals surface area contributed by atoms with Gasteiger partial charge in [0.2, 0.25) is 11.8 Å². The zero-order chi connectivity index (χ0) is 17.0. The number of carbonyl (C=O) groups excluding carboxylic acids is 2. The first kappa shape index (κ1) is 16.8. The van der Waals surface area contributed by atoms with E-state index in [1.54, 1.807) is 25.3 Å². The standard InChI is InChI=1S/C16H16ClN3O3/c1-3-23-16-13(9(2)6-7-19-16)15(22)20-10-4-5-11(14(18)21)12(17)8-10/h4-8H,3H2,1-2H3,(H2,18,21)(H,20,22). The highest BCUT2D eigenvalue weighted by atomic mass is 35.5. The second-order valence-electron chi connectivity index (χ2n) is 4.75. The highest BCUT2D eigenvalue weighted by Gasteiger charge is 2.17. The van der Waals surface area contributed by atoms with Crippen molar-refractivity contribution < 1.29 is 14.3 Å². The highest BCUT2D eigenvalue weighted by Crippen LogP contribution is 2.24. The Morgan fingerprint density at radius 3 is 2.70 bits per heavy atom. The van der Waals surface area contributed by atoms with E-state index in [2.05, 4.69) is 10.3 Å². The van der Waals surface area contributed by atoms with Crippen molar-refractivity contribution in [1.82, 2.24) is 4.98 Å². The van der Waals surface area contributed by atoms with Gasteiger partial charge in [-0.05, 0) is 43.7 Å². The van der Waals surface area contributed by atoms with Crippen LogP contribution in [0, 0.1) is 6.92 Å². The third-order valence-electron chi connectivity index (χ3n) is 3.13. The Hall–Kier alpha value is -2.60. The van der Waals surface area contributed by atoms with Crippen LogP contribution in [0.3, 0.4) is 0 Å². The van der Waals surface area contributed by atoms with E-state index in [1.165, 1.54) is 12.1 Å². The van der Waals surface area contributed by atoms with Gasteiger partial charge in [0.15, 0.2) is 0 Å². The molecule has 6 nitrogen and oxygen atoms in total. The molecule has 1 aromatic heterocycles. The summed E-state index contributed by atoms with van der Waals surface area (Å²) in [4.78, 5) is 27.7. The summed E-state index contributed by atoms with van der Waals surface area (Å²) >= 11 is 5.98. The van der Waals surface area contributed by atoms with Crippen molar-refractivity contribution in [2.24, 2.45) is 5.73 Å². The molecule has 0 bridgehead atoms. The van der Waals surface area contributed by atoms with E-state index in [0.717, 1.165) is 5.56 Å². The van der Waals surface area contributed by atoms with Crippen LogP contribution in [0.1, 0.15) is 33.2 Å². The summed E-state index contributed by atoms with van der Waals surface area (Å²) < 4.78 is 5.39. The quantitative estimate of drug-likeness (QED) is 0.879. The minimum atomic E-state index is -0.630. The zero-order valence-electron chi connectivity index (χ0n) is 12.7. The second kappa shape index (κ2) is 7.11. The van der Waals surface area contributed by atoms with Crippen LogP contribution in [0.5, 0.6) is 5.88 Å². The summed E-state index contributed by atoms with van der Waals surface area (Å²) in [6, 6.07) is 6.20. The Kier molecular flexibility index (Phi) is 5.18. The molecule has 0 fully saturated rings. The number of aromatic nitrogens is 1. The number of rotatable bonds is 5. The van der Waals surface area contributed by atoms with E-state index in [0.29, 0.717) is 17.9 Å². The van der Waals surface area contributed by atoms with Gasteiger partial charge in [-0.1, -0.05) is 11.6 Å². The molecule has 1 heterocycles. The lowest BCUT2D eigenvalue weighted by molar-refractivity contribution is 0.0997. The van der Waals surface area contributed by atoms with Crippen molar-refractivity contribution in [2.45, 2.75) is 13.8 Å². The average molecular weight is 334 g/mol. The third kappa shape index (κ3) is 3.78. The van der Waals surface area contributed by atoms with E-state index >= 15 is 0 Å². The SMILES string of the molecule is CCOc1nccc(C)c1C(=O)Nc1ccc(C(N)=O)c(Cl)c1. The second-order valence-corrected chi connectivity index (χ2v) is 5.16. The van der Waals surface area contributed by atoms with Crippen LogP contribution in [-0.4, -0.2) is 23.4 Å². The molecule has 0 aliphatic carbocycles. The molecule has 1 aromatic carbocycles. The van der Waals surface area contributed by atoms with E-state index in [4.69, 9.17) is 22.1 Å². The zero-order valence-corrected chi connectivity index (χ0v) is 13.5. The minimum absolute atomic E-state index is 0.170. The maximum atomic E-state index is 12.5. The van der Waals surface area contributed by atoms with Gasteiger partial charge in [0.1, 0.15) is 5.56 Å².